The fourth-order valence-corrected chi connectivity index (χ4v) is 3.77. The van der Waals surface area contributed by atoms with Crippen LogP contribution in [0.25, 0.3) is 11.1 Å². The lowest BCUT2D eigenvalue weighted by Gasteiger charge is -2.20. The Balaban J connectivity index is 1.66. The average Bonchev–Trinajstić information content (AvgIpc) is 2.84. The largest absolute Gasteiger partial charge is 0.486 e. The summed E-state index contributed by atoms with van der Waals surface area (Å²) >= 11 is 0. The molecular formula is C29H30O5. The van der Waals surface area contributed by atoms with Gasteiger partial charge in [-0.3, -0.25) is 14.4 Å². The van der Waals surface area contributed by atoms with E-state index < -0.39 is 5.97 Å². The van der Waals surface area contributed by atoms with Crippen molar-refractivity contribution in [2.75, 3.05) is 0 Å². The number of carbonyl (C=O) groups is 3. The van der Waals surface area contributed by atoms with Crippen molar-refractivity contribution >= 4 is 17.5 Å². The van der Waals surface area contributed by atoms with Crippen molar-refractivity contribution in [3.05, 3.63) is 89.5 Å². The second kappa shape index (κ2) is 11.9. The molecule has 3 rings (SSSR count). The third-order valence-electron chi connectivity index (χ3n) is 5.71. The minimum atomic E-state index is -0.887. The molecule has 0 aliphatic heterocycles. The van der Waals surface area contributed by atoms with Crippen LogP contribution in [0.3, 0.4) is 0 Å². The summed E-state index contributed by atoms with van der Waals surface area (Å²) < 4.78 is 6.28. The Morgan fingerprint density at radius 3 is 1.88 bits per heavy atom. The van der Waals surface area contributed by atoms with Gasteiger partial charge in [-0.2, -0.15) is 0 Å². The summed E-state index contributed by atoms with van der Waals surface area (Å²) in [5.41, 5.74) is 4.35. The zero-order chi connectivity index (χ0) is 24.5. The number of ketones is 2. The number of carboxylic acids is 1. The van der Waals surface area contributed by atoms with Crippen molar-refractivity contribution in [3.8, 4) is 16.9 Å². The molecule has 0 saturated carbocycles. The Morgan fingerprint density at radius 1 is 0.794 bits per heavy atom. The lowest BCUT2D eigenvalue weighted by atomic mass is 10.00. The minimum absolute atomic E-state index is 0.00124. The normalized spacial score (nSPS) is 11.6. The maximum Gasteiger partial charge on any atom is 0.303 e. The van der Waals surface area contributed by atoms with Crippen LogP contribution in [0.4, 0.5) is 0 Å². The quantitative estimate of drug-likeness (QED) is 0.298. The zero-order valence-corrected chi connectivity index (χ0v) is 19.6. The molecule has 0 aliphatic carbocycles. The predicted molar refractivity (Wildman–Crippen MR) is 132 cm³/mol. The minimum Gasteiger partial charge on any atom is -0.486 e. The molecule has 3 aromatic carbocycles. The highest BCUT2D eigenvalue weighted by Crippen LogP contribution is 2.29. The number of aliphatic carboxylic acids is 1. The molecule has 0 saturated heterocycles. The van der Waals surface area contributed by atoms with E-state index in [1.165, 1.54) is 0 Å². The topological polar surface area (TPSA) is 80.7 Å². The van der Waals surface area contributed by atoms with Gasteiger partial charge in [0.2, 0.25) is 0 Å². The Kier molecular flexibility index (Phi) is 8.74. The van der Waals surface area contributed by atoms with E-state index in [0.717, 1.165) is 35.3 Å². The fourth-order valence-electron chi connectivity index (χ4n) is 3.77. The smallest absolute Gasteiger partial charge is 0.303 e. The second-order valence-corrected chi connectivity index (χ2v) is 8.35. The number of Topliss-reactive ketones (excluding diaryl/α,β-unsaturated/α-hetero) is 2. The van der Waals surface area contributed by atoms with Crippen LogP contribution in [0.5, 0.6) is 5.75 Å². The van der Waals surface area contributed by atoms with Gasteiger partial charge >= 0.3 is 5.97 Å². The standard InChI is InChI=1S/C29H30O5/c1-3-5-28(25-14-12-24(13-15-25)27(31)6-4-7-29(32)33)34-26-18-16-23(17-19-26)22-10-8-21(9-11-22)20(2)30/h8-19,28H,3-7H2,1-2H3,(H,32,33). The van der Waals surface area contributed by atoms with Crippen molar-refractivity contribution in [3.63, 3.8) is 0 Å². The van der Waals surface area contributed by atoms with Crippen LogP contribution in [-0.4, -0.2) is 22.6 Å². The molecule has 3 aromatic rings. The molecule has 0 aromatic heterocycles. The lowest BCUT2D eigenvalue weighted by Crippen LogP contribution is -2.08. The SMILES string of the molecule is CCCC(Oc1ccc(-c2ccc(C(C)=O)cc2)cc1)c1ccc(C(=O)CCCC(=O)O)cc1. The van der Waals surface area contributed by atoms with Crippen LogP contribution in [-0.2, 0) is 4.79 Å². The highest BCUT2D eigenvalue weighted by molar-refractivity contribution is 5.96. The maximum absolute atomic E-state index is 12.3. The molecule has 0 fully saturated rings. The Bertz CT molecular complexity index is 1110. The van der Waals surface area contributed by atoms with Gasteiger partial charge in [0.1, 0.15) is 11.9 Å². The zero-order valence-electron chi connectivity index (χ0n) is 19.6. The van der Waals surface area contributed by atoms with Crippen LogP contribution in [0.1, 0.15) is 78.3 Å². The molecule has 5 heteroatoms. The Hall–Kier alpha value is -3.73. The van der Waals surface area contributed by atoms with Crippen LogP contribution in [0.15, 0.2) is 72.8 Å². The van der Waals surface area contributed by atoms with Crippen LogP contribution >= 0.6 is 0 Å². The summed E-state index contributed by atoms with van der Waals surface area (Å²) in [6.45, 7) is 3.66. The Labute approximate surface area is 200 Å². The van der Waals surface area contributed by atoms with E-state index in [1.54, 1.807) is 19.1 Å². The van der Waals surface area contributed by atoms with Gasteiger partial charge in [-0.15, -0.1) is 0 Å². The van der Waals surface area contributed by atoms with Crippen LogP contribution < -0.4 is 4.74 Å². The van der Waals surface area contributed by atoms with Crippen LogP contribution in [0.2, 0.25) is 0 Å². The van der Waals surface area contributed by atoms with E-state index in [4.69, 9.17) is 9.84 Å². The van der Waals surface area contributed by atoms with Gasteiger partial charge in [-0.25, -0.2) is 0 Å². The molecule has 0 amide bonds. The summed E-state index contributed by atoms with van der Waals surface area (Å²) in [5, 5.41) is 8.73. The van der Waals surface area contributed by atoms with Gasteiger partial charge in [0.25, 0.3) is 0 Å². The molecule has 1 atom stereocenters. The summed E-state index contributed by atoms with van der Waals surface area (Å²) in [6, 6.07) is 22.8. The molecule has 1 unspecified atom stereocenters. The van der Waals surface area contributed by atoms with Crippen molar-refractivity contribution in [1.82, 2.24) is 0 Å². The lowest BCUT2D eigenvalue weighted by molar-refractivity contribution is -0.137. The highest BCUT2D eigenvalue weighted by atomic mass is 16.5. The van der Waals surface area contributed by atoms with Gasteiger partial charge in [-0.05, 0) is 48.6 Å². The molecule has 0 aliphatic rings. The second-order valence-electron chi connectivity index (χ2n) is 8.35. The average molecular weight is 459 g/mol. The molecule has 1 N–H and O–H groups in total. The number of ether oxygens (including phenoxy) is 1. The summed E-state index contributed by atoms with van der Waals surface area (Å²) in [6.07, 6.45) is 2.21. The summed E-state index contributed by atoms with van der Waals surface area (Å²) in [5.74, 6) is -0.126. The van der Waals surface area contributed by atoms with Crippen molar-refractivity contribution in [2.24, 2.45) is 0 Å². The summed E-state index contributed by atoms with van der Waals surface area (Å²) in [4.78, 5) is 34.4. The third kappa shape index (κ3) is 6.88. The number of hydrogen-bond donors (Lipinski definition) is 1. The van der Waals surface area contributed by atoms with E-state index in [2.05, 4.69) is 6.92 Å². The number of hydrogen-bond acceptors (Lipinski definition) is 4. The molecule has 0 spiro atoms. The van der Waals surface area contributed by atoms with Crippen molar-refractivity contribution in [2.45, 2.75) is 52.1 Å². The van der Waals surface area contributed by atoms with E-state index in [0.29, 0.717) is 17.5 Å². The first-order chi connectivity index (χ1) is 16.4. The number of carboxylic acid groups (broad SMARTS) is 1. The first kappa shape index (κ1) is 24.9. The number of benzene rings is 3. The maximum atomic E-state index is 12.3. The predicted octanol–water partition coefficient (Wildman–Crippen LogP) is 6.91. The van der Waals surface area contributed by atoms with E-state index in [1.807, 2.05) is 60.7 Å². The molecule has 0 radical (unpaired) electrons. The van der Waals surface area contributed by atoms with Gasteiger partial charge in [0, 0.05) is 24.0 Å². The van der Waals surface area contributed by atoms with Gasteiger partial charge < -0.3 is 9.84 Å². The molecule has 0 heterocycles. The number of rotatable bonds is 12. The van der Waals surface area contributed by atoms with E-state index >= 15 is 0 Å². The molecule has 5 nitrogen and oxygen atoms in total. The van der Waals surface area contributed by atoms with Gasteiger partial charge in [0.05, 0.1) is 0 Å². The molecule has 0 bridgehead atoms. The molecular weight excluding hydrogens is 428 g/mol. The first-order valence-corrected chi connectivity index (χ1v) is 11.6. The van der Waals surface area contributed by atoms with Gasteiger partial charge in [0.15, 0.2) is 11.6 Å². The van der Waals surface area contributed by atoms with Crippen LogP contribution in [0, 0.1) is 0 Å². The summed E-state index contributed by atoms with van der Waals surface area (Å²) in [7, 11) is 0. The first-order valence-electron chi connectivity index (χ1n) is 11.6. The highest BCUT2D eigenvalue weighted by Gasteiger charge is 2.14. The molecule has 176 valence electrons. The molecule has 34 heavy (non-hydrogen) atoms. The van der Waals surface area contributed by atoms with Crippen molar-refractivity contribution in [1.29, 1.82) is 0 Å². The van der Waals surface area contributed by atoms with E-state index in [-0.39, 0.29) is 30.5 Å². The Morgan fingerprint density at radius 2 is 1.35 bits per heavy atom. The monoisotopic (exact) mass is 458 g/mol. The van der Waals surface area contributed by atoms with E-state index in [9.17, 15) is 14.4 Å². The number of carbonyl (C=O) groups excluding carboxylic acids is 2. The third-order valence-corrected chi connectivity index (χ3v) is 5.71. The van der Waals surface area contributed by atoms with Crippen molar-refractivity contribution < 1.29 is 24.2 Å². The van der Waals surface area contributed by atoms with Gasteiger partial charge in [-0.1, -0.05) is 74.0 Å². The fraction of sp³-hybridized carbons (Fsp3) is 0.276.